The molecule has 0 amide bonds. The number of hydrogen-bond acceptors (Lipinski definition) is 2. The molecule has 0 bridgehead atoms. The van der Waals surface area contributed by atoms with Crippen molar-refractivity contribution in [2.75, 3.05) is 6.61 Å². The van der Waals surface area contributed by atoms with Crippen LogP contribution in [0.3, 0.4) is 0 Å². The zero-order valence-electron chi connectivity index (χ0n) is 6.62. The van der Waals surface area contributed by atoms with E-state index in [1.807, 2.05) is 12.2 Å². The lowest BCUT2D eigenvalue weighted by Gasteiger charge is -2.19. The molecule has 0 atom stereocenters. The maximum absolute atomic E-state index is 5.08. The van der Waals surface area contributed by atoms with Crippen LogP contribution in [0.1, 0.15) is 12.8 Å². The van der Waals surface area contributed by atoms with Crippen molar-refractivity contribution in [2.45, 2.75) is 18.4 Å². The highest BCUT2D eigenvalue weighted by molar-refractivity contribution is 5.50. The Kier molecular flexibility index (Phi) is 2.47. The normalized spacial score (nSPS) is 19.3. The molecule has 0 saturated heterocycles. The topological polar surface area (TPSA) is 21.6 Å². The lowest BCUT2D eigenvalue weighted by molar-refractivity contribution is 0.262. The molecule has 0 aromatic heterocycles. The van der Waals surface area contributed by atoms with Crippen LogP contribution in [-0.4, -0.2) is 18.5 Å². The summed E-state index contributed by atoms with van der Waals surface area (Å²) in [5, 5.41) is 0. The molecule has 2 nitrogen and oxygen atoms in total. The molecule has 0 N–H and O–H groups in total. The molecular formula is C9H13NO. The number of rotatable bonds is 4. The van der Waals surface area contributed by atoms with Gasteiger partial charge in [-0.15, -0.1) is 13.2 Å². The van der Waals surface area contributed by atoms with Crippen LogP contribution in [0.4, 0.5) is 0 Å². The number of nitrogens with zero attached hydrogens (tertiary/aromatic N) is 1. The van der Waals surface area contributed by atoms with Gasteiger partial charge in [-0.3, -0.25) is 0 Å². The number of ether oxygens (including phenoxy) is 1. The first-order valence-corrected chi connectivity index (χ1v) is 3.70. The summed E-state index contributed by atoms with van der Waals surface area (Å²) >= 11 is 0. The van der Waals surface area contributed by atoms with Crippen LogP contribution in [0.5, 0.6) is 0 Å². The summed E-state index contributed by atoms with van der Waals surface area (Å²) in [7, 11) is 0. The van der Waals surface area contributed by atoms with E-state index in [0.29, 0.717) is 6.61 Å². The smallest absolute Gasteiger partial charge is 0.170 e. The molecule has 0 aliphatic carbocycles. The van der Waals surface area contributed by atoms with Crippen molar-refractivity contribution >= 4 is 6.40 Å². The van der Waals surface area contributed by atoms with E-state index in [1.165, 1.54) is 6.40 Å². The second kappa shape index (κ2) is 3.37. The molecule has 1 rings (SSSR count). The monoisotopic (exact) mass is 151 g/mol. The van der Waals surface area contributed by atoms with Gasteiger partial charge in [0.15, 0.2) is 6.40 Å². The third kappa shape index (κ3) is 1.70. The molecule has 2 heteroatoms. The highest BCUT2D eigenvalue weighted by Crippen LogP contribution is 2.25. The van der Waals surface area contributed by atoms with E-state index in [9.17, 15) is 0 Å². The Morgan fingerprint density at radius 2 is 2.09 bits per heavy atom. The van der Waals surface area contributed by atoms with Crippen molar-refractivity contribution in [3.05, 3.63) is 25.3 Å². The minimum Gasteiger partial charge on any atom is -0.481 e. The molecule has 0 fully saturated rings. The second-order valence-corrected chi connectivity index (χ2v) is 2.76. The van der Waals surface area contributed by atoms with Gasteiger partial charge < -0.3 is 4.74 Å². The minimum atomic E-state index is -0.0938. The predicted molar refractivity (Wildman–Crippen MR) is 46.8 cm³/mol. The van der Waals surface area contributed by atoms with Gasteiger partial charge in [0.2, 0.25) is 0 Å². The maximum Gasteiger partial charge on any atom is 0.170 e. The van der Waals surface area contributed by atoms with E-state index in [1.54, 1.807) is 0 Å². The Bertz CT molecular complexity index is 174. The van der Waals surface area contributed by atoms with Crippen molar-refractivity contribution in [3.8, 4) is 0 Å². The highest BCUT2D eigenvalue weighted by Gasteiger charge is 2.30. The van der Waals surface area contributed by atoms with Crippen molar-refractivity contribution < 1.29 is 4.74 Å². The average molecular weight is 151 g/mol. The molecule has 0 spiro atoms. The van der Waals surface area contributed by atoms with E-state index in [2.05, 4.69) is 18.2 Å². The van der Waals surface area contributed by atoms with Crippen LogP contribution in [0.15, 0.2) is 30.3 Å². The summed E-state index contributed by atoms with van der Waals surface area (Å²) in [6.07, 6.45) is 6.98. The largest absolute Gasteiger partial charge is 0.481 e. The van der Waals surface area contributed by atoms with E-state index in [-0.39, 0.29) is 5.54 Å². The molecule has 60 valence electrons. The van der Waals surface area contributed by atoms with Crippen LogP contribution < -0.4 is 0 Å². The van der Waals surface area contributed by atoms with Gasteiger partial charge in [0, 0.05) is 0 Å². The summed E-state index contributed by atoms with van der Waals surface area (Å²) in [5.74, 6) is 0. The molecule has 0 unspecified atom stereocenters. The first kappa shape index (κ1) is 8.05. The first-order valence-electron chi connectivity index (χ1n) is 3.70. The summed E-state index contributed by atoms with van der Waals surface area (Å²) in [4.78, 5) is 4.26. The minimum absolute atomic E-state index is 0.0938. The molecule has 0 aromatic carbocycles. The van der Waals surface area contributed by atoms with Crippen LogP contribution in [0, 0.1) is 0 Å². The third-order valence-electron chi connectivity index (χ3n) is 1.80. The Labute approximate surface area is 67.3 Å². The molecule has 0 radical (unpaired) electrons. The van der Waals surface area contributed by atoms with Crippen molar-refractivity contribution in [3.63, 3.8) is 0 Å². The summed E-state index contributed by atoms with van der Waals surface area (Å²) in [5.41, 5.74) is -0.0938. The van der Waals surface area contributed by atoms with E-state index >= 15 is 0 Å². The van der Waals surface area contributed by atoms with Crippen molar-refractivity contribution in [1.82, 2.24) is 0 Å². The number of hydrogen-bond donors (Lipinski definition) is 0. The molecule has 1 aliphatic heterocycles. The van der Waals surface area contributed by atoms with E-state index < -0.39 is 0 Å². The molecule has 11 heavy (non-hydrogen) atoms. The average Bonchev–Trinajstić information content (AvgIpc) is 2.39. The van der Waals surface area contributed by atoms with Gasteiger partial charge in [-0.25, -0.2) is 4.99 Å². The van der Waals surface area contributed by atoms with Gasteiger partial charge in [0.05, 0.1) is 0 Å². The van der Waals surface area contributed by atoms with Gasteiger partial charge in [-0.05, 0) is 12.8 Å². The first-order chi connectivity index (χ1) is 5.33. The summed E-state index contributed by atoms with van der Waals surface area (Å²) in [6, 6.07) is 0. The Morgan fingerprint density at radius 1 is 1.45 bits per heavy atom. The van der Waals surface area contributed by atoms with E-state index in [0.717, 1.165) is 12.8 Å². The van der Waals surface area contributed by atoms with Gasteiger partial charge in [0.25, 0.3) is 0 Å². The Morgan fingerprint density at radius 3 is 2.45 bits per heavy atom. The fourth-order valence-electron chi connectivity index (χ4n) is 1.22. The molecular weight excluding hydrogens is 138 g/mol. The fraction of sp³-hybridized carbons (Fsp3) is 0.444. The Hall–Kier alpha value is -1.05. The van der Waals surface area contributed by atoms with Gasteiger partial charge in [-0.2, -0.15) is 0 Å². The Balaban J connectivity index is 2.61. The standard InChI is InChI=1S/C9H13NO/c1-3-5-9(6-4-2)7-11-8-10-9/h3-4,8H,1-2,5-7H2. The van der Waals surface area contributed by atoms with Crippen molar-refractivity contribution in [2.24, 2.45) is 4.99 Å². The SMILES string of the molecule is C=CCC1(CC=C)COC=N1. The fourth-order valence-corrected chi connectivity index (χ4v) is 1.22. The number of aliphatic imine (C=N–C) groups is 1. The molecule has 0 saturated carbocycles. The third-order valence-corrected chi connectivity index (χ3v) is 1.80. The zero-order valence-corrected chi connectivity index (χ0v) is 6.62. The van der Waals surface area contributed by atoms with Crippen LogP contribution in [0.25, 0.3) is 0 Å². The van der Waals surface area contributed by atoms with Gasteiger partial charge in [0.1, 0.15) is 12.1 Å². The highest BCUT2D eigenvalue weighted by atomic mass is 16.5. The van der Waals surface area contributed by atoms with E-state index in [4.69, 9.17) is 4.74 Å². The van der Waals surface area contributed by atoms with Crippen LogP contribution in [-0.2, 0) is 4.74 Å². The maximum atomic E-state index is 5.08. The lowest BCUT2D eigenvalue weighted by Crippen LogP contribution is -2.26. The van der Waals surface area contributed by atoms with Gasteiger partial charge in [-0.1, -0.05) is 12.2 Å². The molecule has 1 aliphatic rings. The second-order valence-electron chi connectivity index (χ2n) is 2.76. The van der Waals surface area contributed by atoms with Crippen molar-refractivity contribution in [1.29, 1.82) is 0 Å². The summed E-state index contributed by atoms with van der Waals surface area (Å²) in [6.45, 7) is 8.03. The van der Waals surface area contributed by atoms with Gasteiger partial charge >= 0.3 is 0 Å². The zero-order chi connectivity index (χ0) is 8.16. The quantitative estimate of drug-likeness (QED) is 0.563. The van der Waals surface area contributed by atoms with Crippen LogP contribution in [0.2, 0.25) is 0 Å². The molecule has 1 heterocycles. The summed E-state index contributed by atoms with van der Waals surface area (Å²) < 4.78 is 5.08. The lowest BCUT2D eigenvalue weighted by atomic mass is 9.93. The molecule has 0 aromatic rings. The predicted octanol–water partition coefficient (Wildman–Crippen LogP) is 1.94. The van der Waals surface area contributed by atoms with Crippen LogP contribution >= 0.6 is 0 Å².